The summed E-state index contributed by atoms with van der Waals surface area (Å²) in [4.78, 5) is 0. The maximum absolute atomic E-state index is 10.2. The molecule has 0 aliphatic heterocycles. The highest BCUT2D eigenvalue weighted by Gasteiger charge is 2.02. The Morgan fingerprint density at radius 3 is 0.912 bits per heavy atom. The van der Waals surface area contributed by atoms with Gasteiger partial charge >= 0.3 is 10.4 Å². The Morgan fingerprint density at radius 1 is 0.500 bits per heavy atom. The van der Waals surface area contributed by atoms with Crippen molar-refractivity contribution in [3.8, 4) is 0 Å². The van der Waals surface area contributed by atoms with Gasteiger partial charge in [0.25, 0.3) is 0 Å². The van der Waals surface area contributed by atoms with Crippen LogP contribution in [0.2, 0.25) is 0 Å². The lowest BCUT2D eigenvalue weighted by Crippen LogP contribution is -2.04. The van der Waals surface area contributed by atoms with Gasteiger partial charge < -0.3 is 51.2 Å². The standard InChI is InChI=1S/C12H26O4S.4C2H6O.5H3N/c1-2-3-4-5-6-7-8-9-10-11-12-16-17(13,14)15;4*1-2-3;;;;;/h2-12H2,1H3,(H,13,14,15);4*3H,2H2,1H3;5*1H3. The van der Waals surface area contributed by atoms with Crippen molar-refractivity contribution in [1.29, 1.82) is 0 Å². The molecule has 0 saturated carbocycles. The summed E-state index contributed by atoms with van der Waals surface area (Å²) in [6.45, 7) is 10.0. The van der Waals surface area contributed by atoms with E-state index in [1.54, 1.807) is 27.7 Å². The number of hydrogen-bond donors (Lipinski definition) is 10. The molecular weight excluding hydrogens is 470 g/mol. The number of rotatable bonds is 12. The molecule has 14 heteroatoms. The lowest BCUT2D eigenvalue weighted by molar-refractivity contribution is 0.261. The van der Waals surface area contributed by atoms with Gasteiger partial charge in [-0.25, -0.2) is 4.18 Å². The van der Waals surface area contributed by atoms with E-state index in [9.17, 15) is 8.42 Å². The van der Waals surface area contributed by atoms with Gasteiger partial charge in [0.1, 0.15) is 0 Å². The minimum absolute atomic E-state index is 0. The summed E-state index contributed by atoms with van der Waals surface area (Å²) < 4.78 is 33.0. The molecule has 0 spiro atoms. The molecule has 0 aliphatic carbocycles. The van der Waals surface area contributed by atoms with Crippen LogP contribution in [0.15, 0.2) is 0 Å². The summed E-state index contributed by atoms with van der Waals surface area (Å²) in [6.07, 6.45) is 11.9. The Hall–Kier alpha value is -0.490. The van der Waals surface area contributed by atoms with Crippen LogP contribution in [0.25, 0.3) is 0 Å². The SMILES string of the molecule is CCCCCCCCCCCCOS(=O)(=O)O.CCO.CCO.CCO.CCO.N.N.N.N.N. The molecule has 0 aromatic carbocycles. The van der Waals surface area contributed by atoms with Crippen LogP contribution >= 0.6 is 0 Å². The zero-order valence-electron chi connectivity index (χ0n) is 23.0. The van der Waals surface area contributed by atoms with E-state index in [0.717, 1.165) is 12.8 Å². The minimum Gasteiger partial charge on any atom is -0.397 e. The van der Waals surface area contributed by atoms with Gasteiger partial charge in [0.2, 0.25) is 0 Å². The molecule has 13 nitrogen and oxygen atoms in total. The Balaban J connectivity index is -0.0000000360. The average Bonchev–Trinajstić information content (AvgIpc) is 2.61. The minimum atomic E-state index is -4.23. The zero-order chi connectivity index (χ0) is 23.8. The molecule has 0 aromatic rings. The third kappa shape index (κ3) is 161. The second-order valence-corrected chi connectivity index (χ2v) is 6.79. The number of hydrogen-bond acceptors (Lipinski definition) is 12. The van der Waals surface area contributed by atoms with Gasteiger partial charge in [-0.2, -0.15) is 8.42 Å². The van der Waals surface area contributed by atoms with E-state index in [0.29, 0.717) is 6.42 Å². The van der Waals surface area contributed by atoms with Crippen LogP contribution in [0, 0.1) is 0 Å². The summed E-state index contributed by atoms with van der Waals surface area (Å²) in [5, 5.41) is 30.3. The maximum atomic E-state index is 10.2. The Bertz CT molecular complexity index is 324. The highest BCUT2D eigenvalue weighted by molar-refractivity contribution is 7.80. The van der Waals surface area contributed by atoms with E-state index >= 15 is 0 Å². The predicted molar refractivity (Wildman–Crippen MR) is 145 cm³/mol. The summed E-state index contributed by atoms with van der Waals surface area (Å²) in [5.74, 6) is 0. The number of aliphatic hydroxyl groups is 4. The molecule has 0 unspecified atom stereocenters. The molecule has 0 amide bonds. The highest BCUT2D eigenvalue weighted by Crippen LogP contribution is 2.10. The molecule has 20 N–H and O–H groups in total. The van der Waals surface area contributed by atoms with Crippen LogP contribution < -0.4 is 30.8 Å². The van der Waals surface area contributed by atoms with Crippen molar-refractivity contribution in [1.82, 2.24) is 30.8 Å². The van der Waals surface area contributed by atoms with Crippen LogP contribution in [0.1, 0.15) is 98.8 Å². The molecule has 0 fully saturated rings. The van der Waals surface area contributed by atoms with Crippen LogP contribution in [0.4, 0.5) is 0 Å². The van der Waals surface area contributed by atoms with Crippen LogP contribution in [-0.2, 0) is 14.6 Å². The predicted octanol–water partition coefficient (Wildman–Crippen LogP) is 4.53. The quantitative estimate of drug-likeness (QED) is 0.121. The van der Waals surface area contributed by atoms with Gasteiger partial charge in [0.15, 0.2) is 0 Å². The first kappa shape index (κ1) is 64.1. The molecular formula is C20H65N5O8S. The molecule has 0 saturated heterocycles. The first-order valence-electron chi connectivity index (χ1n) is 10.8. The van der Waals surface area contributed by atoms with Gasteiger partial charge in [-0.05, 0) is 34.1 Å². The molecule has 0 atom stereocenters. The van der Waals surface area contributed by atoms with Crippen LogP contribution in [-0.4, -0.2) is 66.4 Å². The van der Waals surface area contributed by atoms with E-state index in [2.05, 4.69) is 11.1 Å². The second-order valence-electron chi connectivity index (χ2n) is 5.70. The van der Waals surface area contributed by atoms with Crippen LogP contribution in [0.3, 0.4) is 0 Å². The van der Waals surface area contributed by atoms with Crippen molar-refractivity contribution in [3.63, 3.8) is 0 Å². The van der Waals surface area contributed by atoms with Crippen molar-refractivity contribution in [2.24, 2.45) is 0 Å². The summed E-state index contributed by atoms with van der Waals surface area (Å²) in [6, 6.07) is 0. The first-order valence-corrected chi connectivity index (χ1v) is 12.1. The topological polar surface area (TPSA) is 320 Å². The van der Waals surface area contributed by atoms with Gasteiger partial charge in [0.05, 0.1) is 6.61 Å². The molecule has 0 aliphatic rings. The smallest absolute Gasteiger partial charge is 0.397 e. The van der Waals surface area contributed by atoms with Crippen molar-refractivity contribution in [2.45, 2.75) is 98.8 Å². The Morgan fingerprint density at radius 2 is 0.706 bits per heavy atom. The van der Waals surface area contributed by atoms with Gasteiger partial charge in [-0.15, -0.1) is 0 Å². The van der Waals surface area contributed by atoms with E-state index in [-0.39, 0.29) is 63.8 Å². The van der Waals surface area contributed by atoms with Crippen molar-refractivity contribution >= 4 is 10.4 Å². The second kappa shape index (κ2) is 69.8. The number of unbranched alkanes of at least 4 members (excludes halogenated alkanes) is 9. The maximum Gasteiger partial charge on any atom is 0.397 e. The van der Waals surface area contributed by atoms with E-state index in [1.807, 2.05) is 0 Å². The average molecular weight is 536 g/mol. The lowest BCUT2D eigenvalue weighted by atomic mass is 10.1. The molecule has 0 rings (SSSR count). The summed E-state index contributed by atoms with van der Waals surface area (Å²) in [7, 11) is -4.23. The molecule has 0 radical (unpaired) electrons. The monoisotopic (exact) mass is 535 g/mol. The highest BCUT2D eigenvalue weighted by atomic mass is 32.3. The fourth-order valence-electron chi connectivity index (χ4n) is 1.75. The Labute approximate surface area is 211 Å². The van der Waals surface area contributed by atoms with Crippen molar-refractivity contribution in [2.75, 3.05) is 33.0 Å². The van der Waals surface area contributed by atoms with Crippen molar-refractivity contribution in [3.05, 3.63) is 0 Å². The fourth-order valence-corrected chi connectivity index (χ4v) is 2.08. The lowest BCUT2D eigenvalue weighted by Gasteiger charge is -2.02. The molecule has 0 bridgehead atoms. The summed E-state index contributed by atoms with van der Waals surface area (Å²) in [5.41, 5.74) is 0. The van der Waals surface area contributed by atoms with E-state index in [4.69, 9.17) is 25.0 Å². The first-order chi connectivity index (χ1) is 13.7. The van der Waals surface area contributed by atoms with Gasteiger partial charge in [-0.1, -0.05) is 64.7 Å². The zero-order valence-corrected chi connectivity index (χ0v) is 23.8. The molecule has 224 valence electrons. The van der Waals surface area contributed by atoms with Crippen LogP contribution in [0.5, 0.6) is 0 Å². The van der Waals surface area contributed by atoms with Gasteiger partial charge in [-0.3, -0.25) is 4.55 Å². The van der Waals surface area contributed by atoms with Gasteiger partial charge in [0, 0.05) is 26.4 Å². The summed E-state index contributed by atoms with van der Waals surface area (Å²) >= 11 is 0. The molecule has 0 heterocycles. The number of aliphatic hydroxyl groups excluding tert-OH is 4. The third-order valence-corrected chi connectivity index (χ3v) is 3.19. The van der Waals surface area contributed by atoms with Crippen molar-refractivity contribution < 1.29 is 37.6 Å². The van der Waals surface area contributed by atoms with E-state index in [1.165, 1.54) is 44.9 Å². The Kier molecular flexibility index (Phi) is 131. The normalized spacial score (nSPS) is 8.06. The van der Waals surface area contributed by atoms with E-state index < -0.39 is 10.4 Å². The fraction of sp³-hybridized carbons (Fsp3) is 1.00. The molecule has 0 aromatic heterocycles. The third-order valence-electron chi connectivity index (χ3n) is 2.73. The molecule has 34 heavy (non-hydrogen) atoms. The largest absolute Gasteiger partial charge is 0.397 e.